The molecule has 1 aromatic heterocycles. The minimum absolute atomic E-state index is 0.0727. The van der Waals surface area contributed by atoms with Crippen LogP contribution in [0.3, 0.4) is 0 Å². The van der Waals surface area contributed by atoms with E-state index in [-0.39, 0.29) is 17.3 Å². The molecule has 1 aliphatic rings. The van der Waals surface area contributed by atoms with Crippen molar-refractivity contribution >= 4 is 23.2 Å². The third kappa shape index (κ3) is 4.11. The lowest BCUT2D eigenvalue weighted by Gasteiger charge is -2.31. The van der Waals surface area contributed by atoms with Gasteiger partial charge in [-0.05, 0) is 30.9 Å². The molecule has 0 spiro atoms. The van der Waals surface area contributed by atoms with Gasteiger partial charge in [0, 0.05) is 13.1 Å². The highest BCUT2D eigenvalue weighted by atomic mass is 16.6. The Morgan fingerprint density at radius 3 is 2.86 bits per heavy atom. The summed E-state index contributed by atoms with van der Waals surface area (Å²) in [6.07, 6.45) is 3.27. The quantitative estimate of drug-likeness (QED) is 0.573. The third-order valence-corrected chi connectivity index (χ3v) is 4.59. The number of benzene rings is 1. The standard InChI is InChI=1S/C18H22N6O4/c1-12-6-5-9-23(10-12)17-15(24(26)27)16(19-11-20-17)21-22-18(25)13-7-3-4-8-14(13)28-2/h3-4,7-8,11-12H,5-6,9-10H2,1-2H3,(H,22,25)(H,19,20,21). The fourth-order valence-corrected chi connectivity index (χ4v) is 3.26. The highest BCUT2D eigenvalue weighted by Crippen LogP contribution is 2.33. The molecule has 3 rings (SSSR count). The van der Waals surface area contributed by atoms with Crippen LogP contribution in [0.1, 0.15) is 30.1 Å². The van der Waals surface area contributed by atoms with E-state index in [1.807, 2.05) is 4.90 Å². The average Bonchev–Trinajstić information content (AvgIpc) is 2.71. The van der Waals surface area contributed by atoms with Crippen LogP contribution in [0.4, 0.5) is 17.3 Å². The van der Waals surface area contributed by atoms with Crippen LogP contribution in [0.25, 0.3) is 0 Å². The molecule has 1 aliphatic heterocycles. The largest absolute Gasteiger partial charge is 0.496 e. The van der Waals surface area contributed by atoms with Crippen LogP contribution >= 0.6 is 0 Å². The van der Waals surface area contributed by atoms with Gasteiger partial charge in [0.2, 0.25) is 11.6 Å². The fourth-order valence-electron chi connectivity index (χ4n) is 3.26. The number of nitrogens with one attached hydrogen (secondary N) is 2. The molecule has 2 N–H and O–H groups in total. The zero-order valence-electron chi connectivity index (χ0n) is 15.7. The predicted octanol–water partition coefficient (Wildman–Crippen LogP) is 2.39. The second-order valence-electron chi connectivity index (χ2n) is 6.62. The number of para-hydroxylation sites is 1. The van der Waals surface area contributed by atoms with E-state index in [9.17, 15) is 14.9 Å². The van der Waals surface area contributed by atoms with Crippen LogP contribution in [-0.4, -0.2) is 41.0 Å². The molecule has 0 saturated carbocycles. The normalized spacial score (nSPS) is 16.4. The van der Waals surface area contributed by atoms with E-state index in [1.165, 1.54) is 13.4 Å². The number of carbonyl (C=O) groups is 1. The third-order valence-electron chi connectivity index (χ3n) is 4.59. The molecule has 1 fully saturated rings. The maximum atomic E-state index is 12.4. The fraction of sp³-hybridized carbons (Fsp3) is 0.389. The molecule has 1 unspecified atom stereocenters. The van der Waals surface area contributed by atoms with Crippen LogP contribution in [0.2, 0.25) is 0 Å². The Bertz CT molecular complexity index is 875. The molecule has 10 nitrogen and oxygen atoms in total. The van der Waals surface area contributed by atoms with Gasteiger partial charge < -0.3 is 9.64 Å². The first-order valence-electron chi connectivity index (χ1n) is 8.95. The summed E-state index contributed by atoms with van der Waals surface area (Å²) in [5.74, 6) is 0.488. The molecule has 148 valence electrons. The summed E-state index contributed by atoms with van der Waals surface area (Å²) in [7, 11) is 1.46. The van der Waals surface area contributed by atoms with Crippen molar-refractivity contribution in [3.05, 3.63) is 46.3 Å². The van der Waals surface area contributed by atoms with Gasteiger partial charge in [-0.25, -0.2) is 9.97 Å². The number of aromatic nitrogens is 2. The smallest absolute Gasteiger partial charge is 0.355 e. The van der Waals surface area contributed by atoms with Crippen LogP contribution in [0.5, 0.6) is 5.75 Å². The number of piperidine rings is 1. The van der Waals surface area contributed by atoms with Gasteiger partial charge in [-0.1, -0.05) is 19.1 Å². The molecule has 0 radical (unpaired) electrons. The minimum Gasteiger partial charge on any atom is -0.496 e. The number of hydrogen-bond donors (Lipinski definition) is 2. The number of carbonyl (C=O) groups excluding carboxylic acids is 1. The van der Waals surface area contributed by atoms with Crippen LogP contribution in [0, 0.1) is 16.0 Å². The van der Waals surface area contributed by atoms with E-state index in [1.54, 1.807) is 24.3 Å². The van der Waals surface area contributed by atoms with Gasteiger partial charge in [-0.15, -0.1) is 0 Å². The van der Waals surface area contributed by atoms with Crippen molar-refractivity contribution in [1.82, 2.24) is 15.4 Å². The van der Waals surface area contributed by atoms with Gasteiger partial charge in [0.1, 0.15) is 12.1 Å². The van der Waals surface area contributed by atoms with E-state index in [0.717, 1.165) is 12.8 Å². The van der Waals surface area contributed by atoms with Crippen molar-refractivity contribution < 1.29 is 14.5 Å². The maximum absolute atomic E-state index is 12.4. The molecule has 1 atom stereocenters. The van der Waals surface area contributed by atoms with Gasteiger partial charge >= 0.3 is 5.69 Å². The van der Waals surface area contributed by atoms with E-state index in [2.05, 4.69) is 27.7 Å². The summed E-state index contributed by atoms with van der Waals surface area (Å²) in [6.45, 7) is 3.48. The van der Waals surface area contributed by atoms with E-state index in [0.29, 0.717) is 30.3 Å². The van der Waals surface area contributed by atoms with Crippen LogP contribution in [-0.2, 0) is 0 Å². The molecule has 1 saturated heterocycles. The first-order valence-corrected chi connectivity index (χ1v) is 8.95. The van der Waals surface area contributed by atoms with Crippen molar-refractivity contribution in [1.29, 1.82) is 0 Å². The number of ether oxygens (including phenoxy) is 1. The number of anilines is 2. The van der Waals surface area contributed by atoms with Crippen molar-refractivity contribution in [3.8, 4) is 5.75 Å². The average molecular weight is 386 g/mol. The summed E-state index contributed by atoms with van der Waals surface area (Å²) in [4.78, 5) is 33.6. The minimum atomic E-state index is -0.536. The Hall–Kier alpha value is -3.43. The second-order valence-corrected chi connectivity index (χ2v) is 6.62. The van der Waals surface area contributed by atoms with Gasteiger partial charge in [0.15, 0.2) is 0 Å². The van der Waals surface area contributed by atoms with Crippen molar-refractivity contribution in [2.45, 2.75) is 19.8 Å². The number of amides is 1. The second kappa shape index (κ2) is 8.51. The number of hydrogen-bond acceptors (Lipinski definition) is 8. The molecule has 2 heterocycles. The van der Waals surface area contributed by atoms with Crippen LogP contribution in [0.15, 0.2) is 30.6 Å². The lowest BCUT2D eigenvalue weighted by Crippen LogP contribution is -2.36. The van der Waals surface area contributed by atoms with E-state index < -0.39 is 10.8 Å². The summed E-state index contributed by atoms with van der Waals surface area (Å²) in [5, 5.41) is 11.7. The molecular formula is C18H22N6O4. The number of nitrogens with zero attached hydrogens (tertiary/aromatic N) is 4. The first kappa shape index (κ1) is 19.3. The van der Waals surface area contributed by atoms with E-state index >= 15 is 0 Å². The molecule has 2 aromatic rings. The number of nitro groups is 1. The predicted molar refractivity (Wildman–Crippen MR) is 103 cm³/mol. The van der Waals surface area contributed by atoms with E-state index in [4.69, 9.17) is 4.74 Å². The monoisotopic (exact) mass is 386 g/mol. The van der Waals surface area contributed by atoms with Crippen molar-refractivity contribution in [3.63, 3.8) is 0 Å². The van der Waals surface area contributed by atoms with Crippen molar-refractivity contribution in [2.24, 2.45) is 5.92 Å². The van der Waals surface area contributed by atoms with Gasteiger partial charge in [-0.3, -0.25) is 25.8 Å². The summed E-state index contributed by atoms with van der Waals surface area (Å²) >= 11 is 0. The summed E-state index contributed by atoms with van der Waals surface area (Å²) < 4.78 is 5.16. The molecule has 1 amide bonds. The molecule has 0 bridgehead atoms. The zero-order chi connectivity index (χ0) is 20.1. The molecular weight excluding hydrogens is 364 g/mol. The molecule has 10 heteroatoms. The molecule has 0 aliphatic carbocycles. The number of hydrazine groups is 1. The van der Waals surface area contributed by atoms with Gasteiger partial charge in [0.25, 0.3) is 5.91 Å². The van der Waals surface area contributed by atoms with Gasteiger partial charge in [0.05, 0.1) is 17.6 Å². The van der Waals surface area contributed by atoms with Crippen LogP contribution < -0.4 is 20.5 Å². The Labute approximate surface area is 162 Å². The SMILES string of the molecule is COc1ccccc1C(=O)NNc1ncnc(N2CCCC(C)C2)c1[N+](=O)[O-]. The number of methoxy groups -OCH3 is 1. The highest BCUT2D eigenvalue weighted by Gasteiger charge is 2.29. The summed E-state index contributed by atoms with van der Waals surface area (Å²) in [5.41, 5.74) is 5.03. The lowest BCUT2D eigenvalue weighted by atomic mass is 10.0. The molecule has 28 heavy (non-hydrogen) atoms. The Kier molecular flexibility index (Phi) is 5.87. The Balaban J connectivity index is 1.83. The number of rotatable bonds is 6. The topological polar surface area (TPSA) is 123 Å². The maximum Gasteiger partial charge on any atom is 0.355 e. The zero-order valence-corrected chi connectivity index (χ0v) is 15.7. The highest BCUT2D eigenvalue weighted by molar-refractivity contribution is 5.97. The Morgan fingerprint density at radius 1 is 1.36 bits per heavy atom. The van der Waals surface area contributed by atoms with Gasteiger partial charge in [-0.2, -0.15) is 0 Å². The summed E-state index contributed by atoms with van der Waals surface area (Å²) in [6, 6.07) is 6.67. The first-order chi connectivity index (χ1) is 13.5. The Morgan fingerprint density at radius 2 is 2.14 bits per heavy atom. The molecule has 1 aromatic carbocycles. The lowest BCUT2D eigenvalue weighted by molar-refractivity contribution is -0.383. The van der Waals surface area contributed by atoms with Crippen molar-refractivity contribution in [2.75, 3.05) is 30.5 Å².